The normalized spacial score (nSPS) is 10.3. The number of primary amides is 1. The standard InChI is InChI=1S/C23H34O.CH3NO/c1-3-4-5-6-7-8-9-10-11-12-13-20-14-15-22-19-23(24-2)17-16-21(22)18-20;2-1-3/h14-19H,3-13H2,1-2H3;1H,(H2,2,3). The summed E-state index contributed by atoms with van der Waals surface area (Å²) in [6.45, 7) is 2.28. The van der Waals surface area contributed by atoms with Crippen molar-refractivity contribution in [3.8, 4) is 5.75 Å². The smallest absolute Gasteiger partial charge is 0.204 e. The fourth-order valence-electron chi connectivity index (χ4n) is 3.37. The second kappa shape index (κ2) is 15.1. The van der Waals surface area contributed by atoms with E-state index >= 15 is 0 Å². The van der Waals surface area contributed by atoms with Crippen LogP contribution in [0.25, 0.3) is 10.8 Å². The maximum absolute atomic E-state index is 8.58. The molecule has 0 aliphatic carbocycles. The first-order chi connectivity index (χ1) is 13.2. The lowest BCUT2D eigenvalue weighted by Crippen LogP contribution is -1.88. The summed E-state index contributed by atoms with van der Waals surface area (Å²) in [6.07, 6.45) is 15.5. The van der Waals surface area contributed by atoms with E-state index < -0.39 is 0 Å². The molecule has 0 atom stereocenters. The van der Waals surface area contributed by atoms with Crippen molar-refractivity contribution in [3.63, 3.8) is 0 Å². The molecule has 0 saturated carbocycles. The molecule has 2 aromatic rings. The third kappa shape index (κ3) is 10.0. The number of fused-ring (bicyclic) bond motifs is 1. The maximum Gasteiger partial charge on any atom is 0.204 e. The number of carbonyl (C=O) groups is 1. The largest absolute Gasteiger partial charge is 0.497 e. The number of methoxy groups -OCH3 is 1. The second-order valence-corrected chi connectivity index (χ2v) is 7.12. The van der Waals surface area contributed by atoms with E-state index in [0.29, 0.717) is 0 Å². The van der Waals surface area contributed by atoms with Crippen molar-refractivity contribution >= 4 is 17.2 Å². The SMILES string of the molecule is CCCCCCCCCCCCc1ccc2cc(OC)ccc2c1.NC=O. The van der Waals surface area contributed by atoms with Crippen LogP contribution in [0.4, 0.5) is 0 Å². The van der Waals surface area contributed by atoms with Gasteiger partial charge < -0.3 is 10.5 Å². The van der Waals surface area contributed by atoms with Crippen LogP contribution in [0.3, 0.4) is 0 Å². The summed E-state index contributed by atoms with van der Waals surface area (Å²) in [7, 11) is 1.72. The number of nitrogens with two attached hydrogens (primary N) is 1. The van der Waals surface area contributed by atoms with E-state index in [1.807, 2.05) is 6.07 Å². The average Bonchev–Trinajstić information content (AvgIpc) is 2.69. The molecule has 0 unspecified atom stereocenters. The van der Waals surface area contributed by atoms with Crippen LogP contribution >= 0.6 is 0 Å². The van der Waals surface area contributed by atoms with Crippen LogP contribution in [0.5, 0.6) is 5.75 Å². The van der Waals surface area contributed by atoms with Gasteiger partial charge in [-0.25, -0.2) is 0 Å². The van der Waals surface area contributed by atoms with E-state index in [-0.39, 0.29) is 6.41 Å². The van der Waals surface area contributed by atoms with E-state index in [2.05, 4.69) is 43.0 Å². The number of hydrogen-bond acceptors (Lipinski definition) is 2. The number of amides is 1. The van der Waals surface area contributed by atoms with Crippen molar-refractivity contribution in [2.75, 3.05) is 7.11 Å². The zero-order valence-electron chi connectivity index (χ0n) is 17.2. The molecular formula is C24H37NO2. The molecule has 0 aromatic heterocycles. The van der Waals surface area contributed by atoms with Crippen molar-refractivity contribution in [1.82, 2.24) is 0 Å². The molecule has 2 aromatic carbocycles. The zero-order chi connectivity index (χ0) is 19.7. The van der Waals surface area contributed by atoms with Crippen LogP contribution in [-0.4, -0.2) is 13.5 Å². The molecule has 1 amide bonds. The lowest BCUT2D eigenvalue weighted by molar-refractivity contribution is -0.106. The van der Waals surface area contributed by atoms with E-state index in [0.717, 1.165) is 5.75 Å². The van der Waals surface area contributed by atoms with Gasteiger partial charge in [0.2, 0.25) is 6.41 Å². The van der Waals surface area contributed by atoms with Gasteiger partial charge in [-0.05, 0) is 41.3 Å². The van der Waals surface area contributed by atoms with Gasteiger partial charge in [-0.15, -0.1) is 0 Å². The number of unbranched alkanes of at least 4 members (excludes halogenated alkanes) is 9. The minimum atomic E-state index is 0.250. The Bertz CT molecular complexity index is 639. The third-order valence-electron chi connectivity index (χ3n) is 4.93. The molecule has 0 fully saturated rings. The first-order valence-corrected chi connectivity index (χ1v) is 10.5. The summed E-state index contributed by atoms with van der Waals surface area (Å²) >= 11 is 0. The van der Waals surface area contributed by atoms with Gasteiger partial charge in [0.25, 0.3) is 0 Å². The summed E-state index contributed by atoms with van der Waals surface area (Å²) in [5.41, 5.74) is 5.63. The van der Waals surface area contributed by atoms with Gasteiger partial charge in [-0.3, -0.25) is 4.79 Å². The number of aryl methyl sites for hydroxylation is 1. The predicted molar refractivity (Wildman–Crippen MR) is 116 cm³/mol. The molecule has 0 aliphatic heterocycles. The third-order valence-corrected chi connectivity index (χ3v) is 4.93. The number of carbonyl (C=O) groups excluding carboxylic acids is 1. The Morgan fingerprint density at radius 1 is 0.815 bits per heavy atom. The summed E-state index contributed by atoms with van der Waals surface area (Å²) < 4.78 is 5.29. The summed E-state index contributed by atoms with van der Waals surface area (Å²) in [4.78, 5) is 8.58. The van der Waals surface area contributed by atoms with Crippen LogP contribution < -0.4 is 10.5 Å². The molecule has 0 radical (unpaired) electrons. The molecule has 2 N–H and O–H groups in total. The van der Waals surface area contributed by atoms with Crippen molar-refractivity contribution in [3.05, 3.63) is 42.0 Å². The first kappa shape index (κ1) is 23.0. The number of benzene rings is 2. The number of rotatable bonds is 12. The van der Waals surface area contributed by atoms with Gasteiger partial charge in [0.05, 0.1) is 7.11 Å². The Balaban J connectivity index is 0.00000114. The quantitative estimate of drug-likeness (QED) is 0.346. The van der Waals surface area contributed by atoms with Gasteiger partial charge in [-0.2, -0.15) is 0 Å². The lowest BCUT2D eigenvalue weighted by atomic mass is 10.0. The molecule has 0 saturated heterocycles. The Hall–Kier alpha value is -2.03. The maximum atomic E-state index is 8.58. The van der Waals surface area contributed by atoms with Crippen LogP contribution in [0.1, 0.15) is 76.7 Å². The van der Waals surface area contributed by atoms with Gasteiger partial charge in [0.15, 0.2) is 0 Å². The first-order valence-electron chi connectivity index (χ1n) is 10.5. The monoisotopic (exact) mass is 371 g/mol. The molecule has 0 aliphatic rings. The molecule has 3 nitrogen and oxygen atoms in total. The molecule has 0 bridgehead atoms. The highest BCUT2D eigenvalue weighted by Crippen LogP contribution is 2.22. The predicted octanol–water partition coefficient (Wildman–Crippen LogP) is 6.41. The Morgan fingerprint density at radius 2 is 1.33 bits per heavy atom. The highest BCUT2D eigenvalue weighted by Gasteiger charge is 2.00. The molecule has 0 spiro atoms. The van der Waals surface area contributed by atoms with Crippen LogP contribution in [-0.2, 0) is 11.2 Å². The van der Waals surface area contributed by atoms with E-state index in [1.165, 1.54) is 87.0 Å². The topological polar surface area (TPSA) is 52.3 Å². The number of ether oxygens (including phenoxy) is 1. The highest BCUT2D eigenvalue weighted by molar-refractivity contribution is 5.84. The van der Waals surface area contributed by atoms with E-state index in [4.69, 9.17) is 9.53 Å². The summed E-state index contributed by atoms with van der Waals surface area (Å²) in [5, 5.41) is 2.58. The minimum Gasteiger partial charge on any atom is -0.497 e. The average molecular weight is 372 g/mol. The molecule has 27 heavy (non-hydrogen) atoms. The molecule has 2 rings (SSSR count). The van der Waals surface area contributed by atoms with Gasteiger partial charge in [-0.1, -0.05) is 89.0 Å². The van der Waals surface area contributed by atoms with Crippen LogP contribution in [0.2, 0.25) is 0 Å². The van der Waals surface area contributed by atoms with Gasteiger partial charge >= 0.3 is 0 Å². The summed E-state index contributed by atoms with van der Waals surface area (Å²) in [6, 6.07) is 13.2. The van der Waals surface area contributed by atoms with Crippen molar-refractivity contribution < 1.29 is 9.53 Å². The Labute approximate surface area is 165 Å². The van der Waals surface area contributed by atoms with Crippen molar-refractivity contribution in [2.24, 2.45) is 5.73 Å². The molecule has 0 heterocycles. The summed E-state index contributed by atoms with van der Waals surface area (Å²) in [5.74, 6) is 0.935. The fraction of sp³-hybridized carbons (Fsp3) is 0.542. The second-order valence-electron chi connectivity index (χ2n) is 7.12. The van der Waals surface area contributed by atoms with Gasteiger partial charge in [0.1, 0.15) is 5.75 Å². The highest BCUT2D eigenvalue weighted by atomic mass is 16.5. The Morgan fingerprint density at radius 3 is 1.93 bits per heavy atom. The van der Waals surface area contributed by atoms with E-state index in [9.17, 15) is 0 Å². The zero-order valence-corrected chi connectivity index (χ0v) is 17.2. The van der Waals surface area contributed by atoms with Crippen LogP contribution in [0.15, 0.2) is 36.4 Å². The molecule has 150 valence electrons. The Kier molecular flexibility index (Phi) is 12.8. The van der Waals surface area contributed by atoms with Crippen LogP contribution in [0, 0.1) is 0 Å². The minimum absolute atomic E-state index is 0.250. The van der Waals surface area contributed by atoms with E-state index in [1.54, 1.807) is 7.11 Å². The fourth-order valence-corrected chi connectivity index (χ4v) is 3.37. The van der Waals surface area contributed by atoms with Crippen molar-refractivity contribution in [2.45, 2.75) is 77.6 Å². The molecular weight excluding hydrogens is 334 g/mol. The van der Waals surface area contributed by atoms with Gasteiger partial charge in [0, 0.05) is 0 Å². The number of hydrogen-bond donors (Lipinski definition) is 1. The van der Waals surface area contributed by atoms with Crippen molar-refractivity contribution in [1.29, 1.82) is 0 Å². The molecule has 3 heteroatoms. The lowest BCUT2D eigenvalue weighted by Gasteiger charge is -2.06.